The van der Waals surface area contributed by atoms with E-state index in [1.807, 2.05) is 13.0 Å². The molecule has 0 bridgehead atoms. The Morgan fingerprint density at radius 1 is 1.28 bits per heavy atom. The van der Waals surface area contributed by atoms with Gasteiger partial charge in [0.25, 0.3) is 0 Å². The van der Waals surface area contributed by atoms with Crippen molar-refractivity contribution in [3.05, 3.63) is 53.9 Å². The fourth-order valence-electron chi connectivity index (χ4n) is 4.09. The van der Waals surface area contributed by atoms with Crippen LogP contribution in [0.1, 0.15) is 38.8 Å². The smallest absolute Gasteiger partial charge is 0.414 e. The van der Waals surface area contributed by atoms with Crippen LogP contribution in [0.15, 0.2) is 42.7 Å². The van der Waals surface area contributed by atoms with Crippen molar-refractivity contribution in [1.29, 1.82) is 5.26 Å². The number of pyridine rings is 1. The first-order valence-corrected chi connectivity index (χ1v) is 11.4. The van der Waals surface area contributed by atoms with E-state index in [-0.39, 0.29) is 18.7 Å². The van der Waals surface area contributed by atoms with Crippen LogP contribution in [0, 0.1) is 11.3 Å². The van der Waals surface area contributed by atoms with Gasteiger partial charge in [-0.2, -0.15) is 5.26 Å². The number of fused-ring (bicyclic) bond motifs is 1. The van der Waals surface area contributed by atoms with Crippen LogP contribution in [-0.4, -0.2) is 52.0 Å². The number of nitrogens with one attached hydrogen (secondary N) is 1. The van der Waals surface area contributed by atoms with Crippen LogP contribution in [0.3, 0.4) is 0 Å². The summed E-state index contributed by atoms with van der Waals surface area (Å²) in [6.45, 7) is 7.16. The van der Waals surface area contributed by atoms with E-state index in [9.17, 15) is 15.2 Å². The number of rotatable bonds is 5. The van der Waals surface area contributed by atoms with E-state index in [1.54, 1.807) is 57.4 Å². The number of hydrogen-bond donors (Lipinski definition) is 2. The number of methoxy groups -OCH3 is 1. The highest BCUT2D eigenvalue weighted by atomic mass is 16.6. The Balaban J connectivity index is 1.76. The average Bonchev–Trinajstić information content (AvgIpc) is 3.16. The molecule has 0 unspecified atom stereocenters. The highest BCUT2D eigenvalue weighted by Gasteiger charge is 2.44. The lowest BCUT2D eigenvalue weighted by atomic mass is 9.83. The number of nitriles is 1. The fraction of sp³-hybridized carbons (Fsp3) is 0.346. The predicted molar refractivity (Wildman–Crippen MR) is 134 cm³/mol. The fourth-order valence-corrected chi connectivity index (χ4v) is 4.09. The second-order valence-corrected chi connectivity index (χ2v) is 9.77. The summed E-state index contributed by atoms with van der Waals surface area (Å²) >= 11 is 0. The molecule has 0 fully saturated rings. The topological polar surface area (TPSA) is 133 Å². The van der Waals surface area contributed by atoms with Gasteiger partial charge in [0, 0.05) is 29.9 Å². The average molecular weight is 489 g/mol. The van der Waals surface area contributed by atoms with E-state index in [1.165, 1.54) is 12.0 Å². The molecule has 3 heterocycles. The zero-order valence-corrected chi connectivity index (χ0v) is 20.9. The predicted octanol–water partition coefficient (Wildman–Crippen LogP) is 4.17. The van der Waals surface area contributed by atoms with Gasteiger partial charge < -0.3 is 19.9 Å². The summed E-state index contributed by atoms with van der Waals surface area (Å²) in [7, 11) is 1.53. The normalized spacial score (nSPS) is 16.8. The first-order chi connectivity index (χ1) is 17.1. The molecule has 2 aromatic heterocycles. The van der Waals surface area contributed by atoms with Gasteiger partial charge in [0.05, 0.1) is 30.7 Å². The van der Waals surface area contributed by atoms with Crippen molar-refractivity contribution in [2.24, 2.45) is 0 Å². The highest BCUT2D eigenvalue weighted by Crippen LogP contribution is 2.45. The minimum atomic E-state index is -0.787. The number of carbonyl (C=O) groups excluding carboxylic acids is 1. The van der Waals surface area contributed by atoms with Crippen molar-refractivity contribution in [1.82, 2.24) is 15.0 Å². The maximum Gasteiger partial charge on any atom is 0.414 e. The van der Waals surface area contributed by atoms with Gasteiger partial charge in [-0.05, 0) is 56.7 Å². The van der Waals surface area contributed by atoms with Crippen LogP contribution >= 0.6 is 0 Å². The third-order valence-corrected chi connectivity index (χ3v) is 5.78. The molecule has 0 radical (unpaired) electrons. The number of aliphatic hydroxyl groups excluding tert-OH is 1. The minimum Gasteiger partial charge on any atom is -0.480 e. The molecule has 0 saturated heterocycles. The number of ether oxygens (including phenoxy) is 2. The van der Waals surface area contributed by atoms with E-state index >= 15 is 0 Å². The molecule has 10 heteroatoms. The van der Waals surface area contributed by atoms with Gasteiger partial charge in [-0.25, -0.2) is 19.7 Å². The van der Waals surface area contributed by atoms with Gasteiger partial charge >= 0.3 is 6.09 Å². The summed E-state index contributed by atoms with van der Waals surface area (Å²) in [4.78, 5) is 27.5. The Hall–Kier alpha value is -4.23. The maximum absolute atomic E-state index is 13.0. The minimum absolute atomic E-state index is 0.184. The molecule has 0 aliphatic carbocycles. The Morgan fingerprint density at radius 2 is 2.06 bits per heavy atom. The molecule has 186 valence electrons. The van der Waals surface area contributed by atoms with Gasteiger partial charge in [-0.1, -0.05) is 6.92 Å². The zero-order chi connectivity index (χ0) is 26.1. The standard InChI is InChI=1S/C26H28N6O4/c1-25(2,3)36-24(34)32-14-26(4,15-33)18-12-16(11-17(13-27)21(18)32)19-8-10-29-23(30-19)31-20-7-6-9-28-22(20)35-5/h6-12,33H,14-15H2,1-5H3,(H,29,30,31)/t26-/m1/s1. The monoisotopic (exact) mass is 488 g/mol. The van der Waals surface area contributed by atoms with E-state index in [0.717, 1.165) is 0 Å². The molecule has 36 heavy (non-hydrogen) atoms. The van der Waals surface area contributed by atoms with Gasteiger partial charge in [0.2, 0.25) is 11.8 Å². The second-order valence-electron chi connectivity index (χ2n) is 9.77. The van der Waals surface area contributed by atoms with Crippen molar-refractivity contribution in [3.63, 3.8) is 0 Å². The number of aliphatic hydroxyl groups is 1. The maximum atomic E-state index is 13.0. The van der Waals surface area contributed by atoms with Crippen LogP contribution in [0.5, 0.6) is 5.88 Å². The molecular formula is C26H28N6O4. The van der Waals surface area contributed by atoms with Gasteiger partial charge in [-0.15, -0.1) is 0 Å². The molecule has 1 aliphatic rings. The SMILES string of the molecule is COc1ncccc1Nc1nccc(-c2cc(C#N)c3c(c2)[C@@](C)(CO)CN3C(=O)OC(C)(C)C)n1. The van der Waals surface area contributed by atoms with Gasteiger partial charge in [0.1, 0.15) is 17.4 Å². The van der Waals surface area contributed by atoms with Crippen LogP contribution in [0.2, 0.25) is 0 Å². The number of carbonyl (C=O) groups is 1. The summed E-state index contributed by atoms with van der Waals surface area (Å²) in [6.07, 6.45) is 2.66. The molecule has 1 atom stereocenters. The number of benzene rings is 1. The quantitative estimate of drug-likeness (QED) is 0.543. The summed E-state index contributed by atoms with van der Waals surface area (Å²) in [6, 6.07) is 11.0. The van der Waals surface area contributed by atoms with Crippen molar-refractivity contribution < 1.29 is 19.4 Å². The van der Waals surface area contributed by atoms with E-state index in [0.29, 0.717) is 40.0 Å². The number of aromatic nitrogens is 3. The first-order valence-electron chi connectivity index (χ1n) is 11.4. The Kier molecular flexibility index (Phi) is 6.52. The lowest BCUT2D eigenvalue weighted by Gasteiger charge is -2.26. The number of amides is 1. The lowest BCUT2D eigenvalue weighted by molar-refractivity contribution is 0.0575. The molecule has 1 amide bonds. The molecule has 2 N–H and O–H groups in total. The Bertz CT molecular complexity index is 1350. The van der Waals surface area contributed by atoms with Crippen molar-refractivity contribution >= 4 is 23.4 Å². The van der Waals surface area contributed by atoms with Crippen LogP contribution in [0.25, 0.3) is 11.3 Å². The molecule has 10 nitrogen and oxygen atoms in total. The van der Waals surface area contributed by atoms with E-state index < -0.39 is 17.1 Å². The van der Waals surface area contributed by atoms with Crippen LogP contribution in [0.4, 0.5) is 22.1 Å². The largest absolute Gasteiger partial charge is 0.480 e. The van der Waals surface area contributed by atoms with Crippen molar-refractivity contribution in [2.75, 3.05) is 30.5 Å². The highest BCUT2D eigenvalue weighted by molar-refractivity contribution is 5.95. The zero-order valence-electron chi connectivity index (χ0n) is 20.9. The van der Waals surface area contributed by atoms with Crippen LogP contribution < -0.4 is 15.0 Å². The molecule has 4 rings (SSSR count). The van der Waals surface area contributed by atoms with Crippen molar-refractivity contribution in [3.8, 4) is 23.2 Å². The summed E-state index contributed by atoms with van der Waals surface area (Å²) in [5.41, 5.74) is 1.73. The van der Waals surface area contributed by atoms with E-state index in [2.05, 4.69) is 26.3 Å². The summed E-state index contributed by atoms with van der Waals surface area (Å²) in [5.74, 6) is 0.717. The summed E-state index contributed by atoms with van der Waals surface area (Å²) in [5, 5.41) is 23.4. The van der Waals surface area contributed by atoms with Crippen molar-refractivity contribution in [2.45, 2.75) is 38.7 Å². The number of nitrogens with zero attached hydrogens (tertiary/aromatic N) is 5. The summed E-state index contributed by atoms with van der Waals surface area (Å²) < 4.78 is 10.9. The second kappa shape index (κ2) is 9.43. The Morgan fingerprint density at radius 3 is 2.72 bits per heavy atom. The molecule has 0 saturated carbocycles. The van der Waals surface area contributed by atoms with Gasteiger partial charge in [-0.3, -0.25) is 4.90 Å². The third kappa shape index (κ3) is 4.78. The molecule has 0 spiro atoms. The van der Waals surface area contributed by atoms with E-state index in [4.69, 9.17) is 9.47 Å². The first kappa shape index (κ1) is 24.9. The molecular weight excluding hydrogens is 460 g/mol. The molecule has 1 aromatic carbocycles. The third-order valence-electron chi connectivity index (χ3n) is 5.78. The lowest BCUT2D eigenvalue weighted by Crippen LogP contribution is -2.40. The number of anilines is 3. The van der Waals surface area contributed by atoms with Gasteiger partial charge in [0.15, 0.2) is 0 Å². The number of hydrogen-bond acceptors (Lipinski definition) is 9. The Labute approximate surface area is 209 Å². The molecule has 1 aliphatic heterocycles. The molecule has 3 aromatic rings. The van der Waals surface area contributed by atoms with Crippen LogP contribution in [-0.2, 0) is 10.2 Å².